The summed E-state index contributed by atoms with van der Waals surface area (Å²) in [4.78, 5) is 24.5. The second-order valence-electron chi connectivity index (χ2n) is 6.32. The minimum atomic E-state index is -1.80. The number of nitrogens with zero attached hydrogens (tertiary/aromatic N) is 4. The van der Waals surface area contributed by atoms with E-state index in [1.54, 1.807) is 0 Å². The summed E-state index contributed by atoms with van der Waals surface area (Å²) in [6, 6.07) is 0. The quantitative estimate of drug-likeness (QED) is 0.319. The van der Waals surface area contributed by atoms with Gasteiger partial charge in [0.05, 0.1) is 6.33 Å². The number of nitrogens with one attached hydrogen (secondary N) is 1. The second-order valence-corrected chi connectivity index (χ2v) is 6.32. The molecule has 0 radical (unpaired) electrons. The molecular formula is C15H13F3N6O6. The largest absolute Gasteiger partial charge is 0.491 e. The molecule has 1 saturated heterocycles. The summed E-state index contributed by atoms with van der Waals surface area (Å²) < 4.78 is 52.2. The number of hydrogen-bond donors (Lipinski definition) is 5. The summed E-state index contributed by atoms with van der Waals surface area (Å²) in [6.45, 7) is -0.742. The number of nitrogens with two attached hydrogens (primary N) is 1. The number of H-pyrrole nitrogens is 1. The number of aliphatic hydroxyl groups excluding tert-OH is 2. The average molecular weight is 430 g/mol. The van der Waals surface area contributed by atoms with Crippen LogP contribution in [0.25, 0.3) is 11.2 Å². The van der Waals surface area contributed by atoms with Crippen molar-refractivity contribution in [3.05, 3.63) is 34.3 Å². The lowest BCUT2D eigenvalue weighted by atomic mass is 10.1. The highest BCUT2D eigenvalue weighted by molar-refractivity contribution is 5.70. The van der Waals surface area contributed by atoms with E-state index >= 15 is 0 Å². The van der Waals surface area contributed by atoms with Crippen molar-refractivity contribution in [2.24, 2.45) is 0 Å². The zero-order valence-corrected chi connectivity index (χ0v) is 14.7. The number of ether oxygens (including phenoxy) is 2. The summed E-state index contributed by atoms with van der Waals surface area (Å²) in [6.07, 6.45) is -4.75. The molecule has 0 aliphatic carbocycles. The Hall–Kier alpha value is -3.43. The van der Waals surface area contributed by atoms with Gasteiger partial charge in [0.1, 0.15) is 24.9 Å². The Balaban J connectivity index is 1.59. The van der Waals surface area contributed by atoms with Crippen LogP contribution in [0, 0.1) is 17.6 Å². The Labute approximate surface area is 163 Å². The van der Waals surface area contributed by atoms with Gasteiger partial charge < -0.3 is 30.5 Å². The third-order valence-corrected chi connectivity index (χ3v) is 4.43. The molecule has 30 heavy (non-hydrogen) atoms. The van der Waals surface area contributed by atoms with Crippen LogP contribution in [0.1, 0.15) is 6.23 Å². The second kappa shape index (κ2) is 7.12. The number of rotatable bonds is 4. The molecule has 0 spiro atoms. The number of anilines is 1. The number of aromatic hydroxyl groups is 1. The van der Waals surface area contributed by atoms with Gasteiger partial charge in [-0.15, -0.1) is 0 Å². The van der Waals surface area contributed by atoms with Gasteiger partial charge in [-0.25, -0.2) is 4.98 Å². The molecule has 12 nitrogen and oxygen atoms in total. The lowest BCUT2D eigenvalue weighted by molar-refractivity contribution is -0.0483. The first-order valence-corrected chi connectivity index (χ1v) is 8.29. The molecule has 0 bridgehead atoms. The van der Waals surface area contributed by atoms with Crippen molar-refractivity contribution < 1.29 is 38.0 Å². The van der Waals surface area contributed by atoms with Crippen LogP contribution in [-0.2, 0) is 4.74 Å². The van der Waals surface area contributed by atoms with Gasteiger partial charge in [-0.05, 0) is 0 Å². The standard InChI is InChI=1S/C15H13F3N6O6/c16-4-9(5(17)12(27)21-10(4)18)29-1-3-7(25)8(26)14(30-3)24-2-20-6-11(24)22-15(19)23-13(6)28/h2-3,7-8,14,25-26H,1H2,(H,21,27)(H3,19,22,23,28)/t3-,7?,8?,14-/m1/s1. The lowest BCUT2D eigenvalue weighted by Gasteiger charge is -2.17. The van der Waals surface area contributed by atoms with Crippen LogP contribution in [0.15, 0.2) is 11.1 Å². The first-order chi connectivity index (χ1) is 14.2. The van der Waals surface area contributed by atoms with Crippen molar-refractivity contribution in [3.8, 4) is 11.6 Å². The van der Waals surface area contributed by atoms with Crippen molar-refractivity contribution in [1.82, 2.24) is 24.5 Å². The predicted molar refractivity (Wildman–Crippen MR) is 89.8 cm³/mol. The summed E-state index contributed by atoms with van der Waals surface area (Å²) >= 11 is 0. The van der Waals surface area contributed by atoms with Crippen LogP contribution < -0.4 is 16.0 Å². The molecule has 0 aromatic carbocycles. The molecule has 3 aromatic rings. The first-order valence-electron chi connectivity index (χ1n) is 8.29. The fraction of sp³-hybridized carbons (Fsp3) is 0.333. The molecule has 2 unspecified atom stereocenters. The number of nitrogen functional groups attached to an aromatic ring is 1. The van der Waals surface area contributed by atoms with Gasteiger partial charge in [-0.1, -0.05) is 0 Å². The number of pyridine rings is 1. The van der Waals surface area contributed by atoms with Gasteiger partial charge in [-0.2, -0.15) is 23.1 Å². The fourth-order valence-electron chi connectivity index (χ4n) is 3.00. The van der Waals surface area contributed by atoms with Crippen molar-refractivity contribution >= 4 is 17.1 Å². The third kappa shape index (κ3) is 3.08. The molecule has 1 fully saturated rings. The minimum absolute atomic E-state index is 0.0488. The highest BCUT2D eigenvalue weighted by Gasteiger charge is 2.45. The van der Waals surface area contributed by atoms with E-state index in [2.05, 4.69) is 19.9 Å². The Morgan fingerprint density at radius 1 is 1.23 bits per heavy atom. The van der Waals surface area contributed by atoms with E-state index in [0.717, 1.165) is 10.9 Å². The zero-order chi connectivity index (χ0) is 21.7. The smallest absolute Gasteiger partial charge is 0.280 e. The molecular weight excluding hydrogens is 417 g/mol. The monoisotopic (exact) mass is 430 g/mol. The van der Waals surface area contributed by atoms with Gasteiger partial charge >= 0.3 is 0 Å². The molecule has 0 amide bonds. The van der Waals surface area contributed by atoms with E-state index in [1.807, 2.05) is 0 Å². The SMILES string of the molecule is Nc1nc2c(ncn2[C@@H]2O[C@H](COc3c(F)c(O)nc(F)c3F)C(O)C2O)c(=O)[nH]1. The molecule has 4 rings (SSSR count). The van der Waals surface area contributed by atoms with Crippen molar-refractivity contribution in [3.63, 3.8) is 0 Å². The molecule has 3 aromatic heterocycles. The Morgan fingerprint density at radius 2 is 1.97 bits per heavy atom. The normalized spacial score (nSPS) is 23.9. The number of hydrogen-bond acceptors (Lipinski definition) is 10. The Morgan fingerprint density at radius 3 is 2.70 bits per heavy atom. The van der Waals surface area contributed by atoms with E-state index in [0.29, 0.717) is 0 Å². The summed E-state index contributed by atoms with van der Waals surface area (Å²) in [5.41, 5.74) is 4.70. The summed E-state index contributed by atoms with van der Waals surface area (Å²) in [7, 11) is 0. The number of aromatic nitrogens is 5. The highest BCUT2D eigenvalue weighted by atomic mass is 19.2. The van der Waals surface area contributed by atoms with E-state index in [1.165, 1.54) is 0 Å². The molecule has 160 valence electrons. The van der Waals surface area contributed by atoms with E-state index in [-0.39, 0.29) is 17.1 Å². The first kappa shape index (κ1) is 19.9. The van der Waals surface area contributed by atoms with Crippen LogP contribution >= 0.6 is 0 Å². The van der Waals surface area contributed by atoms with E-state index in [4.69, 9.17) is 20.3 Å². The molecule has 6 N–H and O–H groups in total. The van der Waals surface area contributed by atoms with Crippen molar-refractivity contribution in [1.29, 1.82) is 0 Å². The highest BCUT2D eigenvalue weighted by Crippen LogP contribution is 2.33. The van der Waals surface area contributed by atoms with Gasteiger partial charge in [-0.3, -0.25) is 14.3 Å². The van der Waals surface area contributed by atoms with E-state index < -0.39 is 65.9 Å². The molecule has 4 atom stereocenters. The zero-order valence-electron chi connectivity index (χ0n) is 14.7. The van der Waals surface area contributed by atoms with Crippen LogP contribution in [-0.4, -0.2) is 64.7 Å². The van der Waals surface area contributed by atoms with Crippen molar-refractivity contribution in [2.75, 3.05) is 12.3 Å². The number of halogens is 3. The van der Waals surface area contributed by atoms with Crippen LogP contribution in [0.2, 0.25) is 0 Å². The van der Waals surface area contributed by atoms with Crippen LogP contribution in [0.3, 0.4) is 0 Å². The number of aliphatic hydroxyl groups is 2. The molecule has 0 saturated carbocycles. The maximum Gasteiger partial charge on any atom is 0.280 e. The topological polar surface area (TPSA) is 182 Å². The lowest BCUT2D eigenvalue weighted by Crippen LogP contribution is -2.34. The van der Waals surface area contributed by atoms with Gasteiger partial charge in [0.15, 0.2) is 17.4 Å². The molecule has 15 heteroatoms. The van der Waals surface area contributed by atoms with E-state index in [9.17, 15) is 28.2 Å². The van der Waals surface area contributed by atoms with Gasteiger partial charge in [0.25, 0.3) is 17.4 Å². The predicted octanol–water partition coefficient (Wildman–Crippen LogP) is -1.08. The van der Waals surface area contributed by atoms with Gasteiger partial charge in [0.2, 0.25) is 23.3 Å². The summed E-state index contributed by atoms with van der Waals surface area (Å²) in [5, 5.41) is 29.7. The van der Waals surface area contributed by atoms with Crippen molar-refractivity contribution in [2.45, 2.75) is 24.5 Å². The Kier molecular flexibility index (Phi) is 4.71. The maximum absolute atomic E-state index is 13.8. The van der Waals surface area contributed by atoms with Crippen LogP contribution in [0.5, 0.6) is 11.6 Å². The van der Waals surface area contributed by atoms with Crippen LogP contribution in [0.4, 0.5) is 19.1 Å². The minimum Gasteiger partial charge on any atom is -0.491 e. The maximum atomic E-state index is 13.8. The fourth-order valence-corrected chi connectivity index (χ4v) is 3.00. The number of imidazole rings is 1. The molecule has 4 heterocycles. The third-order valence-electron chi connectivity index (χ3n) is 4.43. The average Bonchev–Trinajstić information content (AvgIpc) is 3.22. The molecule has 1 aliphatic heterocycles. The number of fused-ring (bicyclic) bond motifs is 1. The number of aromatic amines is 1. The Bertz CT molecular complexity index is 1160. The van der Waals surface area contributed by atoms with Gasteiger partial charge in [0, 0.05) is 0 Å². The molecule has 1 aliphatic rings. The summed E-state index contributed by atoms with van der Waals surface area (Å²) in [5.74, 6) is -8.18.